The fourth-order valence-electron chi connectivity index (χ4n) is 3.69. The number of hydrogen-bond donors (Lipinski definition) is 2. The van der Waals surface area contributed by atoms with Crippen molar-refractivity contribution in [2.75, 3.05) is 24.5 Å². The molecule has 2 aliphatic rings. The fourth-order valence-corrected chi connectivity index (χ4v) is 3.69. The lowest BCUT2D eigenvalue weighted by atomic mass is 9.92. The molecule has 23 heavy (non-hydrogen) atoms. The number of anilines is 1. The summed E-state index contributed by atoms with van der Waals surface area (Å²) in [5.41, 5.74) is 3.21. The number of aliphatic hydroxyl groups is 1. The van der Waals surface area contributed by atoms with Gasteiger partial charge in [0.05, 0.1) is 6.10 Å². The van der Waals surface area contributed by atoms with Crippen LogP contribution in [0.4, 0.5) is 5.69 Å². The van der Waals surface area contributed by atoms with Gasteiger partial charge in [0.1, 0.15) is 0 Å². The van der Waals surface area contributed by atoms with E-state index in [9.17, 15) is 5.11 Å². The topological polar surface area (TPSA) is 35.5 Å². The summed E-state index contributed by atoms with van der Waals surface area (Å²) in [6.07, 6.45) is 4.42. The van der Waals surface area contributed by atoms with E-state index in [1.807, 2.05) is 0 Å². The molecule has 0 amide bonds. The van der Waals surface area contributed by atoms with Gasteiger partial charge in [-0.25, -0.2) is 0 Å². The number of nitrogens with one attached hydrogen (secondary N) is 1. The Labute approximate surface area is 141 Å². The first-order valence-corrected chi connectivity index (χ1v) is 9.26. The van der Waals surface area contributed by atoms with Crippen LogP contribution in [-0.2, 0) is 0 Å². The van der Waals surface area contributed by atoms with Crippen molar-refractivity contribution in [1.82, 2.24) is 5.32 Å². The number of piperidine rings is 1. The van der Waals surface area contributed by atoms with Crippen molar-refractivity contribution in [1.29, 1.82) is 0 Å². The molecule has 2 N–H and O–H groups in total. The molecule has 1 aromatic carbocycles. The van der Waals surface area contributed by atoms with E-state index in [1.165, 1.54) is 24.1 Å². The van der Waals surface area contributed by atoms with Crippen LogP contribution in [0.3, 0.4) is 0 Å². The molecule has 0 radical (unpaired) electrons. The minimum absolute atomic E-state index is 0.106. The predicted molar refractivity (Wildman–Crippen MR) is 96.8 cm³/mol. The molecule has 1 unspecified atom stereocenters. The van der Waals surface area contributed by atoms with Crippen LogP contribution in [0.25, 0.3) is 0 Å². The highest BCUT2D eigenvalue weighted by atomic mass is 16.3. The maximum atomic E-state index is 9.62. The Hall–Kier alpha value is -1.06. The maximum Gasteiger partial charge on any atom is 0.0574 e. The third kappa shape index (κ3) is 3.89. The zero-order valence-corrected chi connectivity index (χ0v) is 14.9. The van der Waals surface area contributed by atoms with E-state index in [0.717, 1.165) is 38.4 Å². The predicted octanol–water partition coefficient (Wildman–Crippen LogP) is 3.73. The average Bonchev–Trinajstić information content (AvgIpc) is 3.35. The molecule has 2 fully saturated rings. The van der Waals surface area contributed by atoms with Gasteiger partial charge >= 0.3 is 0 Å². The van der Waals surface area contributed by atoms with E-state index in [0.29, 0.717) is 11.5 Å². The second-order valence-corrected chi connectivity index (χ2v) is 7.93. The molecule has 3 heteroatoms. The minimum atomic E-state index is -0.106. The van der Waals surface area contributed by atoms with Crippen LogP contribution in [0.2, 0.25) is 0 Å². The summed E-state index contributed by atoms with van der Waals surface area (Å²) in [5.74, 6) is 0.777. The highest BCUT2D eigenvalue weighted by molar-refractivity contribution is 5.48. The van der Waals surface area contributed by atoms with Crippen molar-refractivity contribution in [2.45, 2.75) is 58.6 Å². The van der Waals surface area contributed by atoms with Gasteiger partial charge in [0, 0.05) is 31.4 Å². The summed E-state index contributed by atoms with van der Waals surface area (Å²) in [7, 11) is 0. The Bertz CT molecular complexity index is 499. The quantitative estimate of drug-likeness (QED) is 0.839. The van der Waals surface area contributed by atoms with Crippen LogP contribution < -0.4 is 10.2 Å². The average molecular weight is 316 g/mol. The number of nitrogens with zero attached hydrogens (tertiary/aromatic N) is 1. The summed E-state index contributed by atoms with van der Waals surface area (Å²) >= 11 is 0. The fraction of sp³-hybridized carbons (Fsp3) is 0.700. The van der Waals surface area contributed by atoms with Gasteiger partial charge in [0.25, 0.3) is 0 Å². The third-order valence-electron chi connectivity index (χ3n) is 6.10. The van der Waals surface area contributed by atoms with Crippen molar-refractivity contribution in [3.05, 3.63) is 29.8 Å². The van der Waals surface area contributed by atoms with Gasteiger partial charge in [-0.1, -0.05) is 26.0 Å². The molecule has 1 saturated carbocycles. The van der Waals surface area contributed by atoms with E-state index in [-0.39, 0.29) is 6.10 Å². The Balaban J connectivity index is 1.54. The molecule has 1 heterocycles. The van der Waals surface area contributed by atoms with Crippen LogP contribution in [0.5, 0.6) is 0 Å². The molecule has 3 nitrogen and oxygen atoms in total. The second kappa shape index (κ2) is 6.82. The SMILES string of the molecule is CC(NCC1(C(C)C)CC1)c1ccc(N2CCC(O)CC2)cc1. The Morgan fingerprint density at radius 3 is 2.26 bits per heavy atom. The van der Waals surface area contributed by atoms with Crippen molar-refractivity contribution >= 4 is 5.69 Å². The summed E-state index contributed by atoms with van der Waals surface area (Å²) in [6.45, 7) is 10.0. The number of aliphatic hydroxyl groups excluding tert-OH is 1. The highest BCUT2D eigenvalue weighted by Gasteiger charge is 2.44. The lowest BCUT2D eigenvalue weighted by molar-refractivity contribution is 0.145. The van der Waals surface area contributed by atoms with Crippen LogP contribution >= 0.6 is 0 Å². The number of hydrogen-bond acceptors (Lipinski definition) is 3. The van der Waals surface area contributed by atoms with E-state index in [4.69, 9.17) is 0 Å². The molecule has 1 aliphatic carbocycles. The minimum Gasteiger partial charge on any atom is -0.393 e. The largest absolute Gasteiger partial charge is 0.393 e. The van der Waals surface area contributed by atoms with E-state index < -0.39 is 0 Å². The highest BCUT2D eigenvalue weighted by Crippen LogP contribution is 2.51. The zero-order valence-electron chi connectivity index (χ0n) is 14.9. The Morgan fingerprint density at radius 1 is 1.13 bits per heavy atom. The molecule has 1 atom stereocenters. The first-order valence-electron chi connectivity index (χ1n) is 9.26. The van der Waals surface area contributed by atoms with Crippen LogP contribution in [-0.4, -0.2) is 30.8 Å². The lowest BCUT2D eigenvalue weighted by Gasteiger charge is -2.31. The second-order valence-electron chi connectivity index (χ2n) is 7.93. The first kappa shape index (κ1) is 16.8. The molecule has 0 spiro atoms. The summed E-state index contributed by atoms with van der Waals surface area (Å²) < 4.78 is 0. The molecule has 0 bridgehead atoms. The van der Waals surface area contributed by atoms with E-state index >= 15 is 0 Å². The van der Waals surface area contributed by atoms with Gasteiger partial charge in [0.15, 0.2) is 0 Å². The maximum absolute atomic E-state index is 9.62. The van der Waals surface area contributed by atoms with Gasteiger partial charge in [-0.05, 0) is 61.6 Å². The summed E-state index contributed by atoms with van der Waals surface area (Å²) in [4.78, 5) is 2.38. The van der Waals surface area contributed by atoms with E-state index in [1.54, 1.807) is 0 Å². The van der Waals surface area contributed by atoms with Crippen LogP contribution in [0.15, 0.2) is 24.3 Å². The standard InChI is InChI=1S/C20H32N2O/c1-15(2)20(10-11-20)14-21-16(3)17-4-6-18(7-5-17)22-12-8-19(23)9-13-22/h4-7,15-16,19,21,23H,8-14H2,1-3H3. The first-order chi connectivity index (χ1) is 11.0. The van der Waals surface area contributed by atoms with Gasteiger partial charge < -0.3 is 15.3 Å². The van der Waals surface area contributed by atoms with Crippen molar-refractivity contribution < 1.29 is 5.11 Å². The summed E-state index contributed by atoms with van der Waals surface area (Å²) in [6, 6.07) is 9.39. The molecule has 0 aromatic heterocycles. The molecule has 3 rings (SSSR count). The lowest BCUT2D eigenvalue weighted by Crippen LogP contribution is -2.35. The van der Waals surface area contributed by atoms with Crippen molar-refractivity contribution in [3.8, 4) is 0 Å². The molecular formula is C20H32N2O. The molecule has 1 aromatic rings. The van der Waals surface area contributed by atoms with Crippen molar-refractivity contribution in [3.63, 3.8) is 0 Å². The van der Waals surface area contributed by atoms with Crippen molar-refractivity contribution in [2.24, 2.45) is 11.3 Å². The zero-order chi connectivity index (χ0) is 16.4. The Kier molecular flexibility index (Phi) is 4.98. The van der Waals surface area contributed by atoms with Gasteiger partial charge in [-0.15, -0.1) is 0 Å². The monoisotopic (exact) mass is 316 g/mol. The number of rotatable bonds is 6. The molecule has 1 saturated heterocycles. The normalized spacial score (nSPS) is 22.4. The molecule has 128 valence electrons. The Morgan fingerprint density at radius 2 is 1.74 bits per heavy atom. The smallest absolute Gasteiger partial charge is 0.0574 e. The summed E-state index contributed by atoms with van der Waals surface area (Å²) in [5, 5.41) is 13.4. The van der Waals surface area contributed by atoms with Gasteiger partial charge in [0.2, 0.25) is 0 Å². The van der Waals surface area contributed by atoms with Crippen LogP contribution in [0.1, 0.15) is 58.1 Å². The van der Waals surface area contributed by atoms with Gasteiger partial charge in [-0.2, -0.15) is 0 Å². The molecular weight excluding hydrogens is 284 g/mol. The number of benzene rings is 1. The third-order valence-corrected chi connectivity index (χ3v) is 6.10. The van der Waals surface area contributed by atoms with E-state index in [2.05, 4.69) is 55.3 Å². The molecule has 1 aliphatic heterocycles. The van der Waals surface area contributed by atoms with Gasteiger partial charge in [-0.3, -0.25) is 0 Å². The van der Waals surface area contributed by atoms with Crippen LogP contribution in [0, 0.1) is 11.3 Å².